The fourth-order valence-corrected chi connectivity index (χ4v) is 2.41. The molecule has 6 heteroatoms. The van der Waals surface area contributed by atoms with E-state index in [-0.39, 0.29) is 10.7 Å². The van der Waals surface area contributed by atoms with Gasteiger partial charge in [0.15, 0.2) is 0 Å². The first-order valence-corrected chi connectivity index (χ1v) is 7.91. The highest BCUT2D eigenvalue weighted by Gasteiger charge is 2.00. The Kier molecular flexibility index (Phi) is 4.94. The van der Waals surface area contributed by atoms with Crippen LogP contribution in [0.1, 0.15) is 18.1 Å². The minimum absolute atomic E-state index is 0.111. The molecule has 0 bridgehead atoms. The van der Waals surface area contributed by atoms with Crippen molar-refractivity contribution in [3.05, 3.63) is 97.1 Å². The van der Waals surface area contributed by atoms with Crippen LogP contribution in [0, 0.1) is 0 Å². The lowest BCUT2D eigenvalue weighted by Crippen LogP contribution is -2.46. The van der Waals surface area contributed by atoms with E-state index in [1.165, 1.54) is 13.0 Å². The second-order valence-electron chi connectivity index (χ2n) is 5.60. The smallest absolute Gasteiger partial charge is 0.308 e. The van der Waals surface area contributed by atoms with Crippen LogP contribution in [0.15, 0.2) is 64.2 Å². The van der Waals surface area contributed by atoms with Gasteiger partial charge in [-0.3, -0.25) is 14.4 Å². The molecule has 1 heterocycles. The molecule has 1 aromatic heterocycles. The van der Waals surface area contributed by atoms with Crippen molar-refractivity contribution in [2.75, 3.05) is 0 Å². The summed E-state index contributed by atoms with van der Waals surface area (Å²) in [6, 6.07) is 15.9. The molecule has 2 aromatic carbocycles. The Morgan fingerprint density at radius 3 is 2.04 bits per heavy atom. The summed E-state index contributed by atoms with van der Waals surface area (Å²) in [5, 5.41) is 0.284. The SMILES string of the molecule is CC(=O)Oc1cccc(C=c2[nH]c(=O)c(=Cc3ccccc3)[nH]c2=O)c1. The molecule has 0 radical (unpaired) electrons. The fourth-order valence-electron chi connectivity index (χ4n) is 2.41. The number of rotatable bonds is 3. The van der Waals surface area contributed by atoms with Gasteiger partial charge in [0.2, 0.25) is 0 Å². The van der Waals surface area contributed by atoms with Gasteiger partial charge in [0.05, 0.1) is 0 Å². The van der Waals surface area contributed by atoms with E-state index >= 15 is 0 Å². The molecule has 0 saturated carbocycles. The number of aromatic nitrogens is 2. The molecule has 0 amide bonds. The van der Waals surface area contributed by atoms with E-state index in [0.29, 0.717) is 11.3 Å². The van der Waals surface area contributed by atoms with Crippen molar-refractivity contribution in [1.82, 2.24) is 9.97 Å². The highest BCUT2D eigenvalue weighted by molar-refractivity contribution is 5.69. The maximum absolute atomic E-state index is 12.3. The number of benzene rings is 2. The van der Waals surface area contributed by atoms with E-state index in [0.717, 1.165) is 5.56 Å². The van der Waals surface area contributed by atoms with Crippen LogP contribution in [0.4, 0.5) is 0 Å². The van der Waals surface area contributed by atoms with Gasteiger partial charge in [0, 0.05) is 6.92 Å². The third kappa shape index (κ3) is 4.24. The molecule has 0 aliphatic rings. The van der Waals surface area contributed by atoms with Crippen molar-refractivity contribution in [2.45, 2.75) is 6.92 Å². The lowest BCUT2D eigenvalue weighted by Gasteiger charge is -2.01. The van der Waals surface area contributed by atoms with E-state index in [1.807, 2.05) is 30.3 Å². The number of carbonyl (C=O) groups excluding carboxylic acids is 1. The highest BCUT2D eigenvalue weighted by atomic mass is 16.5. The number of carbonyl (C=O) groups is 1. The van der Waals surface area contributed by atoms with Gasteiger partial charge >= 0.3 is 5.97 Å². The zero-order chi connectivity index (χ0) is 18.5. The average molecular weight is 348 g/mol. The van der Waals surface area contributed by atoms with E-state index in [9.17, 15) is 14.4 Å². The summed E-state index contributed by atoms with van der Waals surface area (Å²) in [6.45, 7) is 1.31. The molecule has 2 N–H and O–H groups in total. The monoisotopic (exact) mass is 348 g/mol. The zero-order valence-corrected chi connectivity index (χ0v) is 14.0. The summed E-state index contributed by atoms with van der Waals surface area (Å²) < 4.78 is 5.01. The Balaban J connectivity index is 2.05. The van der Waals surface area contributed by atoms with Crippen molar-refractivity contribution in [1.29, 1.82) is 0 Å². The molecule has 130 valence electrons. The summed E-state index contributed by atoms with van der Waals surface area (Å²) in [5.41, 5.74) is 0.588. The maximum atomic E-state index is 12.3. The summed E-state index contributed by atoms with van der Waals surface area (Å²) in [6.07, 6.45) is 3.12. The Morgan fingerprint density at radius 2 is 1.42 bits per heavy atom. The number of nitrogens with one attached hydrogen (secondary N) is 2. The second-order valence-corrected chi connectivity index (χ2v) is 5.60. The van der Waals surface area contributed by atoms with E-state index < -0.39 is 17.1 Å². The topological polar surface area (TPSA) is 92.0 Å². The van der Waals surface area contributed by atoms with Crippen molar-refractivity contribution in [3.8, 4) is 5.75 Å². The maximum Gasteiger partial charge on any atom is 0.308 e. The molecule has 0 saturated heterocycles. The summed E-state index contributed by atoms with van der Waals surface area (Å²) >= 11 is 0. The number of H-pyrrole nitrogens is 2. The zero-order valence-electron chi connectivity index (χ0n) is 14.0. The van der Waals surface area contributed by atoms with Crippen LogP contribution in [0.5, 0.6) is 5.75 Å². The van der Waals surface area contributed by atoms with Gasteiger partial charge in [-0.05, 0) is 35.4 Å². The van der Waals surface area contributed by atoms with E-state index in [2.05, 4.69) is 9.97 Å². The molecule has 0 aliphatic heterocycles. The van der Waals surface area contributed by atoms with E-state index in [1.54, 1.807) is 30.3 Å². The van der Waals surface area contributed by atoms with Gasteiger partial charge in [0.25, 0.3) is 11.1 Å². The van der Waals surface area contributed by atoms with Gasteiger partial charge in [-0.15, -0.1) is 0 Å². The molecule has 0 atom stereocenters. The summed E-state index contributed by atoms with van der Waals surface area (Å²) in [7, 11) is 0. The van der Waals surface area contributed by atoms with Crippen LogP contribution in [0.2, 0.25) is 0 Å². The first kappa shape index (κ1) is 17.2. The third-order valence-electron chi connectivity index (χ3n) is 3.53. The van der Waals surface area contributed by atoms with Crippen LogP contribution in [-0.4, -0.2) is 15.9 Å². The lowest BCUT2D eigenvalue weighted by atomic mass is 10.2. The fraction of sp³-hybridized carbons (Fsp3) is 0.0500. The highest BCUT2D eigenvalue weighted by Crippen LogP contribution is 2.13. The van der Waals surface area contributed by atoms with Crippen LogP contribution in [0.3, 0.4) is 0 Å². The van der Waals surface area contributed by atoms with Gasteiger partial charge in [0.1, 0.15) is 16.4 Å². The molecule has 0 spiro atoms. The number of esters is 1. The van der Waals surface area contributed by atoms with Crippen LogP contribution in [-0.2, 0) is 4.79 Å². The Hall–Kier alpha value is -3.67. The minimum atomic E-state index is -0.436. The third-order valence-corrected chi connectivity index (χ3v) is 3.53. The molecule has 6 nitrogen and oxygen atoms in total. The van der Waals surface area contributed by atoms with Crippen molar-refractivity contribution < 1.29 is 9.53 Å². The Morgan fingerprint density at radius 1 is 0.846 bits per heavy atom. The quantitative estimate of drug-likeness (QED) is 0.537. The van der Waals surface area contributed by atoms with E-state index in [4.69, 9.17) is 4.74 Å². The van der Waals surface area contributed by atoms with Gasteiger partial charge in [-0.25, -0.2) is 0 Å². The Bertz CT molecular complexity index is 1170. The number of aromatic amines is 2. The molecular weight excluding hydrogens is 332 g/mol. The van der Waals surface area contributed by atoms with Crippen LogP contribution >= 0.6 is 0 Å². The van der Waals surface area contributed by atoms with Gasteiger partial charge < -0.3 is 14.7 Å². The lowest BCUT2D eigenvalue weighted by molar-refractivity contribution is -0.131. The average Bonchev–Trinajstić information content (AvgIpc) is 2.60. The molecule has 0 aliphatic carbocycles. The van der Waals surface area contributed by atoms with Crippen LogP contribution < -0.4 is 26.6 Å². The molecule has 0 fully saturated rings. The van der Waals surface area contributed by atoms with Crippen molar-refractivity contribution in [2.24, 2.45) is 0 Å². The molecule has 26 heavy (non-hydrogen) atoms. The standard InChI is InChI=1S/C20H16N2O4/c1-13(23)26-16-9-5-8-15(10-16)12-18-20(25)21-17(19(24)22-18)11-14-6-3-2-4-7-14/h2-12H,1H3,(H,21,25)(H,22,24). The van der Waals surface area contributed by atoms with Gasteiger partial charge in [-0.2, -0.15) is 0 Å². The predicted molar refractivity (Wildman–Crippen MR) is 98.3 cm³/mol. The molecule has 3 aromatic rings. The number of hydrogen-bond donors (Lipinski definition) is 2. The molecule has 3 rings (SSSR count). The predicted octanol–water partition coefficient (Wildman–Crippen LogP) is 0.646. The summed E-state index contributed by atoms with van der Waals surface area (Å²) in [4.78, 5) is 40.7. The van der Waals surface area contributed by atoms with Crippen molar-refractivity contribution in [3.63, 3.8) is 0 Å². The largest absolute Gasteiger partial charge is 0.427 e. The first-order chi connectivity index (χ1) is 12.5. The Labute approximate surface area is 148 Å². The summed E-state index contributed by atoms with van der Waals surface area (Å²) in [5.74, 6) is -0.0757. The first-order valence-electron chi connectivity index (χ1n) is 7.91. The normalized spacial score (nSPS) is 12.2. The number of hydrogen-bond acceptors (Lipinski definition) is 4. The van der Waals surface area contributed by atoms with Gasteiger partial charge in [-0.1, -0.05) is 42.5 Å². The second kappa shape index (κ2) is 7.48. The van der Waals surface area contributed by atoms with Crippen LogP contribution in [0.25, 0.3) is 12.2 Å². The minimum Gasteiger partial charge on any atom is -0.427 e. The number of ether oxygens (including phenoxy) is 1. The molecule has 0 unspecified atom stereocenters. The van der Waals surface area contributed by atoms with Crippen molar-refractivity contribution >= 4 is 18.1 Å². The molecular formula is C20H16N2O4.